The Labute approximate surface area is 95.0 Å². The van der Waals surface area contributed by atoms with Gasteiger partial charge in [0, 0.05) is 5.02 Å². The molecule has 0 aliphatic rings. The molecule has 0 saturated heterocycles. The molecule has 1 aromatic rings. The molecule has 0 saturated carbocycles. The maximum Gasteiger partial charge on any atom is 0.0406 e. The number of halogens is 1. The van der Waals surface area contributed by atoms with Crippen molar-refractivity contribution in [2.75, 3.05) is 18.6 Å². The molecule has 14 heavy (non-hydrogen) atoms. The summed E-state index contributed by atoms with van der Waals surface area (Å²) in [5.74, 6) is 1.63. The van der Waals surface area contributed by atoms with Gasteiger partial charge >= 0.3 is 0 Å². The van der Waals surface area contributed by atoms with Crippen LogP contribution < -0.4 is 5.73 Å². The third-order valence-electron chi connectivity index (χ3n) is 2.30. The predicted octanol–water partition coefficient (Wildman–Crippen LogP) is 3.14. The van der Waals surface area contributed by atoms with Crippen molar-refractivity contribution in [1.29, 1.82) is 0 Å². The van der Waals surface area contributed by atoms with Crippen molar-refractivity contribution in [1.82, 2.24) is 0 Å². The highest BCUT2D eigenvalue weighted by Gasteiger charge is 2.08. The Morgan fingerprint density at radius 3 is 2.50 bits per heavy atom. The van der Waals surface area contributed by atoms with Crippen LogP contribution in [0, 0.1) is 0 Å². The fraction of sp³-hybridized carbons (Fsp3) is 0.455. The van der Waals surface area contributed by atoms with Crippen LogP contribution in [-0.4, -0.2) is 18.6 Å². The Hall–Kier alpha value is -0.180. The number of nitrogens with two attached hydrogens (primary N) is 1. The van der Waals surface area contributed by atoms with Crippen LogP contribution in [0.15, 0.2) is 24.3 Å². The van der Waals surface area contributed by atoms with Gasteiger partial charge in [-0.1, -0.05) is 23.7 Å². The zero-order chi connectivity index (χ0) is 10.4. The van der Waals surface area contributed by atoms with E-state index in [4.69, 9.17) is 17.3 Å². The number of rotatable bonds is 5. The molecule has 0 spiro atoms. The summed E-state index contributed by atoms with van der Waals surface area (Å²) in [7, 11) is 0. The smallest absolute Gasteiger partial charge is 0.0406 e. The first-order valence-electron chi connectivity index (χ1n) is 4.72. The van der Waals surface area contributed by atoms with Gasteiger partial charge in [0.05, 0.1) is 0 Å². The summed E-state index contributed by atoms with van der Waals surface area (Å²) in [5.41, 5.74) is 7.04. The van der Waals surface area contributed by atoms with E-state index in [1.807, 2.05) is 23.9 Å². The lowest BCUT2D eigenvalue weighted by Gasteiger charge is -2.14. The van der Waals surface area contributed by atoms with E-state index in [0.717, 1.165) is 17.2 Å². The summed E-state index contributed by atoms with van der Waals surface area (Å²) in [6.45, 7) is 0.711. The fourth-order valence-corrected chi connectivity index (χ4v) is 2.06. The Balaban J connectivity index is 2.64. The molecule has 1 unspecified atom stereocenters. The summed E-state index contributed by atoms with van der Waals surface area (Å²) >= 11 is 7.69. The van der Waals surface area contributed by atoms with Crippen molar-refractivity contribution in [3.63, 3.8) is 0 Å². The van der Waals surface area contributed by atoms with Crippen LogP contribution >= 0.6 is 23.4 Å². The minimum absolute atomic E-state index is 0.472. The molecule has 3 heteroatoms. The largest absolute Gasteiger partial charge is 0.330 e. The molecule has 0 aliphatic heterocycles. The van der Waals surface area contributed by atoms with Gasteiger partial charge in [0.1, 0.15) is 0 Å². The van der Waals surface area contributed by atoms with E-state index in [0.29, 0.717) is 12.5 Å². The average molecular weight is 230 g/mol. The van der Waals surface area contributed by atoms with Crippen molar-refractivity contribution in [3.05, 3.63) is 34.9 Å². The van der Waals surface area contributed by atoms with E-state index >= 15 is 0 Å². The minimum atomic E-state index is 0.472. The van der Waals surface area contributed by atoms with Crippen LogP contribution in [0.4, 0.5) is 0 Å². The quantitative estimate of drug-likeness (QED) is 0.840. The molecule has 1 aromatic carbocycles. The van der Waals surface area contributed by atoms with Crippen LogP contribution in [-0.2, 0) is 0 Å². The first-order valence-corrected chi connectivity index (χ1v) is 6.49. The maximum absolute atomic E-state index is 5.83. The predicted molar refractivity (Wildman–Crippen MR) is 66.2 cm³/mol. The van der Waals surface area contributed by atoms with Gasteiger partial charge < -0.3 is 5.73 Å². The fourth-order valence-electron chi connectivity index (χ4n) is 1.42. The SMILES string of the molecule is CSCCC(CN)c1ccc(Cl)cc1. The maximum atomic E-state index is 5.83. The second-order valence-corrected chi connectivity index (χ2v) is 4.69. The molecule has 2 N–H and O–H groups in total. The summed E-state index contributed by atoms with van der Waals surface area (Å²) < 4.78 is 0. The molecule has 1 atom stereocenters. The Kier molecular flexibility index (Phi) is 5.38. The molecule has 1 nitrogen and oxygen atoms in total. The third kappa shape index (κ3) is 3.52. The summed E-state index contributed by atoms with van der Waals surface area (Å²) in [5, 5.41) is 0.786. The van der Waals surface area contributed by atoms with E-state index in [9.17, 15) is 0 Å². The van der Waals surface area contributed by atoms with Crippen LogP contribution in [0.25, 0.3) is 0 Å². The zero-order valence-corrected chi connectivity index (χ0v) is 9.94. The lowest BCUT2D eigenvalue weighted by molar-refractivity contribution is 0.680. The van der Waals surface area contributed by atoms with E-state index < -0.39 is 0 Å². The van der Waals surface area contributed by atoms with Crippen molar-refractivity contribution >= 4 is 23.4 Å². The van der Waals surface area contributed by atoms with Gasteiger partial charge in [0.15, 0.2) is 0 Å². The monoisotopic (exact) mass is 229 g/mol. The second kappa shape index (κ2) is 6.33. The number of benzene rings is 1. The highest BCUT2D eigenvalue weighted by atomic mass is 35.5. The molecule has 0 aromatic heterocycles. The molecular weight excluding hydrogens is 214 g/mol. The van der Waals surface area contributed by atoms with E-state index in [1.165, 1.54) is 5.56 Å². The van der Waals surface area contributed by atoms with E-state index in [2.05, 4.69) is 18.4 Å². The number of hydrogen-bond acceptors (Lipinski definition) is 2. The third-order valence-corrected chi connectivity index (χ3v) is 3.19. The average Bonchev–Trinajstić information content (AvgIpc) is 2.21. The topological polar surface area (TPSA) is 26.0 Å². The normalized spacial score (nSPS) is 12.8. The van der Waals surface area contributed by atoms with E-state index in [1.54, 1.807) is 0 Å². The van der Waals surface area contributed by atoms with Gasteiger partial charge in [-0.25, -0.2) is 0 Å². The summed E-state index contributed by atoms with van der Waals surface area (Å²) in [4.78, 5) is 0. The highest BCUT2D eigenvalue weighted by molar-refractivity contribution is 7.98. The Morgan fingerprint density at radius 1 is 1.36 bits per heavy atom. The Bertz CT molecular complexity index is 260. The van der Waals surface area contributed by atoms with E-state index in [-0.39, 0.29) is 0 Å². The van der Waals surface area contributed by atoms with Gasteiger partial charge in [0.25, 0.3) is 0 Å². The molecule has 1 rings (SSSR count). The van der Waals surface area contributed by atoms with Crippen LogP contribution in [0.1, 0.15) is 17.9 Å². The lowest BCUT2D eigenvalue weighted by atomic mass is 9.97. The molecule has 0 fully saturated rings. The van der Waals surface area contributed by atoms with Gasteiger partial charge in [-0.15, -0.1) is 0 Å². The second-order valence-electron chi connectivity index (χ2n) is 3.27. The molecular formula is C11H16ClNS. The molecule has 0 heterocycles. The summed E-state index contributed by atoms with van der Waals surface area (Å²) in [6, 6.07) is 8.00. The molecule has 0 aliphatic carbocycles. The first kappa shape index (κ1) is 11.9. The van der Waals surface area contributed by atoms with Crippen molar-refractivity contribution < 1.29 is 0 Å². The minimum Gasteiger partial charge on any atom is -0.330 e. The molecule has 0 amide bonds. The lowest BCUT2D eigenvalue weighted by Crippen LogP contribution is -2.13. The van der Waals surface area contributed by atoms with Gasteiger partial charge in [-0.2, -0.15) is 11.8 Å². The van der Waals surface area contributed by atoms with Gasteiger partial charge in [-0.3, -0.25) is 0 Å². The highest BCUT2D eigenvalue weighted by Crippen LogP contribution is 2.21. The van der Waals surface area contributed by atoms with Crippen molar-refractivity contribution in [2.45, 2.75) is 12.3 Å². The number of thioether (sulfide) groups is 1. The zero-order valence-electron chi connectivity index (χ0n) is 8.37. The molecule has 0 radical (unpaired) electrons. The first-order chi connectivity index (χ1) is 6.77. The van der Waals surface area contributed by atoms with Gasteiger partial charge in [-0.05, 0) is 48.6 Å². The van der Waals surface area contributed by atoms with Crippen molar-refractivity contribution in [2.24, 2.45) is 5.73 Å². The van der Waals surface area contributed by atoms with Gasteiger partial charge in [0.2, 0.25) is 0 Å². The Morgan fingerprint density at radius 2 is 2.00 bits per heavy atom. The standard InChI is InChI=1S/C11H16ClNS/c1-14-7-6-10(8-13)9-2-4-11(12)5-3-9/h2-5,10H,6-8,13H2,1H3. The van der Waals surface area contributed by atoms with Crippen LogP contribution in [0.5, 0.6) is 0 Å². The van der Waals surface area contributed by atoms with Crippen LogP contribution in [0.2, 0.25) is 5.02 Å². The molecule has 78 valence electrons. The molecule has 0 bridgehead atoms. The summed E-state index contributed by atoms with van der Waals surface area (Å²) in [6.07, 6.45) is 3.26. The van der Waals surface area contributed by atoms with Crippen LogP contribution in [0.3, 0.4) is 0 Å². The van der Waals surface area contributed by atoms with Crippen molar-refractivity contribution in [3.8, 4) is 0 Å². The number of hydrogen-bond donors (Lipinski definition) is 1.